The second-order valence-corrected chi connectivity index (χ2v) is 7.40. The largest absolute Gasteiger partial charge is 0.417 e. The van der Waals surface area contributed by atoms with Crippen molar-refractivity contribution in [2.75, 3.05) is 18.8 Å². The van der Waals surface area contributed by atoms with Gasteiger partial charge in [0.1, 0.15) is 0 Å². The predicted octanol–water partition coefficient (Wildman–Crippen LogP) is 2.14. The predicted molar refractivity (Wildman–Crippen MR) is 69.7 cm³/mol. The zero-order chi connectivity index (χ0) is 15.6. The lowest BCUT2D eigenvalue weighted by atomic mass is 9.92. The molecule has 1 rings (SSSR count). The molecule has 4 nitrogen and oxygen atoms in total. The van der Waals surface area contributed by atoms with Gasteiger partial charge in [0.15, 0.2) is 5.60 Å². The summed E-state index contributed by atoms with van der Waals surface area (Å²) in [6.07, 6.45) is -4.47. The fourth-order valence-electron chi connectivity index (χ4n) is 2.35. The molecule has 0 unspecified atom stereocenters. The molecular formula is C12H22F3NO3S. The van der Waals surface area contributed by atoms with E-state index in [1.54, 1.807) is 0 Å². The lowest BCUT2D eigenvalue weighted by molar-refractivity contribution is -0.270. The van der Waals surface area contributed by atoms with E-state index in [0.717, 1.165) is 17.1 Å². The number of hydrogen-bond donors (Lipinski definition) is 1. The fraction of sp³-hybridized carbons (Fsp3) is 1.00. The van der Waals surface area contributed by atoms with E-state index in [0.29, 0.717) is 0 Å². The molecule has 0 aromatic rings. The Bertz CT molecular complexity index is 410. The van der Waals surface area contributed by atoms with Crippen molar-refractivity contribution in [1.29, 1.82) is 0 Å². The Balaban J connectivity index is 2.70. The summed E-state index contributed by atoms with van der Waals surface area (Å²) in [5.74, 6) is -0.0202. The third-order valence-corrected chi connectivity index (χ3v) is 6.12. The van der Waals surface area contributed by atoms with Gasteiger partial charge < -0.3 is 5.11 Å². The Kier molecular flexibility index (Phi) is 5.48. The molecule has 0 atom stereocenters. The molecule has 120 valence electrons. The minimum absolute atomic E-state index is 0.0171. The number of rotatable bonds is 5. The van der Waals surface area contributed by atoms with Crippen LogP contribution in [0.1, 0.15) is 39.5 Å². The molecule has 0 spiro atoms. The third kappa shape index (κ3) is 3.85. The second-order valence-electron chi connectivity index (χ2n) is 5.39. The summed E-state index contributed by atoms with van der Waals surface area (Å²) in [6.45, 7) is 3.22. The lowest BCUT2D eigenvalue weighted by Gasteiger charge is -2.38. The third-order valence-electron chi connectivity index (χ3n) is 4.07. The maximum absolute atomic E-state index is 12.7. The summed E-state index contributed by atoms with van der Waals surface area (Å²) < 4.78 is 63.3. The molecule has 0 amide bonds. The smallest absolute Gasteiger partial charge is 0.380 e. The number of nitrogens with zero attached hydrogens (tertiary/aromatic N) is 1. The van der Waals surface area contributed by atoms with Crippen molar-refractivity contribution in [3.63, 3.8) is 0 Å². The SMILES string of the molecule is CCC(CC)CS(=O)(=O)N1CCC(O)(C(F)(F)F)CC1. The van der Waals surface area contributed by atoms with Gasteiger partial charge in [-0.25, -0.2) is 12.7 Å². The minimum atomic E-state index is -4.71. The molecule has 1 aliphatic heterocycles. The first-order valence-corrected chi connectivity index (χ1v) is 8.43. The fourth-order valence-corrected chi connectivity index (χ4v) is 4.36. The number of piperidine rings is 1. The van der Waals surface area contributed by atoms with E-state index < -0.39 is 34.6 Å². The van der Waals surface area contributed by atoms with Gasteiger partial charge in [0.05, 0.1) is 5.75 Å². The molecule has 1 heterocycles. The van der Waals surface area contributed by atoms with Gasteiger partial charge in [0.25, 0.3) is 0 Å². The standard InChI is InChI=1S/C12H22F3NO3S/c1-3-10(4-2)9-20(18,19)16-7-5-11(17,6-8-16)12(13,14)15/h10,17H,3-9H2,1-2H3. The van der Waals surface area contributed by atoms with Crippen LogP contribution in [0.3, 0.4) is 0 Å². The monoisotopic (exact) mass is 317 g/mol. The quantitative estimate of drug-likeness (QED) is 0.845. The number of alkyl halides is 3. The van der Waals surface area contributed by atoms with Gasteiger partial charge in [-0.2, -0.15) is 13.2 Å². The van der Waals surface area contributed by atoms with Gasteiger partial charge in [-0.3, -0.25) is 0 Å². The Morgan fingerprint density at radius 2 is 1.65 bits per heavy atom. The molecule has 8 heteroatoms. The highest BCUT2D eigenvalue weighted by atomic mass is 32.2. The van der Waals surface area contributed by atoms with Crippen LogP contribution in [0, 0.1) is 5.92 Å². The highest BCUT2D eigenvalue weighted by molar-refractivity contribution is 7.89. The summed E-state index contributed by atoms with van der Waals surface area (Å²) in [6, 6.07) is 0. The molecule has 1 fully saturated rings. The van der Waals surface area contributed by atoms with Crippen LogP contribution in [0.5, 0.6) is 0 Å². The van der Waals surface area contributed by atoms with Crippen molar-refractivity contribution in [3.8, 4) is 0 Å². The van der Waals surface area contributed by atoms with Crippen LogP contribution in [-0.4, -0.2) is 48.4 Å². The molecule has 0 saturated carbocycles. The zero-order valence-electron chi connectivity index (χ0n) is 11.8. The summed E-state index contributed by atoms with van der Waals surface area (Å²) >= 11 is 0. The van der Waals surface area contributed by atoms with Crippen LogP contribution >= 0.6 is 0 Å². The molecule has 0 radical (unpaired) electrons. The minimum Gasteiger partial charge on any atom is -0.380 e. The van der Waals surface area contributed by atoms with E-state index in [-0.39, 0.29) is 24.8 Å². The Labute approximate surface area is 118 Å². The summed E-state index contributed by atoms with van der Waals surface area (Å²) in [7, 11) is -3.55. The van der Waals surface area contributed by atoms with Gasteiger partial charge in [0.2, 0.25) is 10.0 Å². The number of hydrogen-bond acceptors (Lipinski definition) is 3. The molecule has 0 aromatic heterocycles. The van der Waals surface area contributed by atoms with Crippen LogP contribution in [0.15, 0.2) is 0 Å². The Morgan fingerprint density at radius 1 is 1.20 bits per heavy atom. The highest BCUT2D eigenvalue weighted by Gasteiger charge is 2.55. The van der Waals surface area contributed by atoms with Crippen LogP contribution in [0.4, 0.5) is 13.2 Å². The summed E-state index contributed by atoms with van der Waals surface area (Å²) in [5, 5.41) is 9.52. The van der Waals surface area contributed by atoms with Gasteiger partial charge in [-0.05, 0) is 18.8 Å². The van der Waals surface area contributed by atoms with E-state index in [1.807, 2.05) is 13.8 Å². The maximum Gasteiger partial charge on any atom is 0.417 e. The van der Waals surface area contributed by atoms with Crippen molar-refractivity contribution < 1.29 is 26.7 Å². The molecule has 1 saturated heterocycles. The average molecular weight is 317 g/mol. The van der Waals surface area contributed by atoms with Crippen molar-refractivity contribution in [1.82, 2.24) is 4.31 Å². The van der Waals surface area contributed by atoms with Crippen molar-refractivity contribution in [2.45, 2.75) is 51.3 Å². The number of halogens is 3. The van der Waals surface area contributed by atoms with Gasteiger partial charge in [-0.15, -0.1) is 0 Å². The molecule has 0 bridgehead atoms. The normalized spacial score (nSPS) is 21.4. The van der Waals surface area contributed by atoms with E-state index in [9.17, 15) is 26.7 Å². The van der Waals surface area contributed by atoms with Gasteiger partial charge >= 0.3 is 6.18 Å². The van der Waals surface area contributed by atoms with Crippen LogP contribution < -0.4 is 0 Å². The highest BCUT2D eigenvalue weighted by Crippen LogP contribution is 2.38. The summed E-state index contributed by atoms with van der Waals surface area (Å²) in [5.41, 5.74) is -2.76. The van der Waals surface area contributed by atoms with Crippen molar-refractivity contribution in [3.05, 3.63) is 0 Å². The first-order chi connectivity index (χ1) is 9.05. The van der Waals surface area contributed by atoms with E-state index in [4.69, 9.17) is 0 Å². The summed E-state index contributed by atoms with van der Waals surface area (Å²) in [4.78, 5) is 0. The van der Waals surface area contributed by atoms with Crippen LogP contribution in [0.2, 0.25) is 0 Å². The molecule has 20 heavy (non-hydrogen) atoms. The molecule has 0 aliphatic carbocycles. The molecule has 0 aromatic carbocycles. The van der Waals surface area contributed by atoms with E-state index in [2.05, 4.69) is 0 Å². The first kappa shape index (κ1) is 17.7. The average Bonchev–Trinajstić information content (AvgIpc) is 2.35. The number of sulfonamides is 1. The van der Waals surface area contributed by atoms with E-state index >= 15 is 0 Å². The topological polar surface area (TPSA) is 57.6 Å². The molecule has 1 aliphatic rings. The Hall–Kier alpha value is -0.340. The van der Waals surface area contributed by atoms with E-state index in [1.165, 1.54) is 0 Å². The van der Waals surface area contributed by atoms with Crippen LogP contribution in [0.25, 0.3) is 0 Å². The van der Waals surface area contributed by atoms with Crippen molar-refractivity contribution >= 4 is 10.0 Å². The number of aliphatic hydroxyl groups is 1. The molecular weight excluding hydrogens is 295 g/mol. The van der Waals surface area contributed by atoms with Crippen molar-refractivity contribution in [2.24, 2.45) is 5.92 Å². The Morgan fingerprint density at radius 3 is 2.00 bits per heavy atom. The van der Waals surface area contributed by atoms with Crippen LogP contribution in [-0.2, 0) is 10.0 Å². The lowest BCUT2D eigenvalue weighted by Crippen LogP contribution is -2.54. The van der Waals surface area contributed by atoms with Gasteiger partial charge in [-0.1, -0.05) is 26.7 Å². The van der Waals surface area contributed by atoms with Gasteiger partial charge in [0, 0.05) is 13.1 Å². The molecule has 1 N–H and O–H groups in total. The zero-order valence-corrected chi connectivity index (χ0v) is 12.6. The maximum atomic E-state index is 12.7. The first-order valence-electron chi connectivity index (χ1n) is 6.82. The second kappa shape index (κ2) is 6.19.